The van der Waals surface area contributed by atoms with Gasteiger partial charge in [-0.2, -0.15) is 5.26 Å². The zero-order valence-electron chi connectivity index (χ0n) is 15.3. The second kappa shape index (κ2) is 7.74. The first-order chi connectivity index (χ1) is 13.6. The number of halogens is 1. The molecule has 1 saturated heterocycles. The fourth-order valence-corrected chi connectivity index (χ4v) is 4.06. The van der Waals surface area contributed by atoms with Crippen molar-refractivity contribution in [3.63, 3.8) is 0 Å². The number of nitriles is 1. The van der Waals surface area contributed by atoms with Crippen LogP contribution in [0, 0.1) is 11.3 Å². The molecule has 0 radical (unpaired) electrons. The Balaban J connectivity index is 1.91. The van der Waals surface area contributed by atoms with Crippen LogP contribution in [-0.4, -0.2) is 28.7 Å². The summed E-state index contributed by atoms with van der Waals surface area (Å²) in [6, 6.07) is 15.1. The largest absolute Gasteiger partial charge is 0.341 e. The Morgan fingerprint density at radius 3 is 2.89 bits per heavy atom. The molecule has 7 heteroatoms. The number of hydrogen-bond acceptors (Lipinski definition) is 5. The summed E-state index contributed by atoms with van der Waals surface area (Å²) in [5.41, 5.74) is 8.07. The molecule has 1 fully saturated rings. The number of fused-ring (bicyclic) bond motifs is 1. The predicted octanol–water partition coefficient (Wildman–Crippen LogP) is 3.01. The van der Waals surface area contributed by atoms with Crippen LogP contribution in [0.1, 0.15) is 24.0 Å². The third kappa shape index (κ3) is 3.53. The van der Waals surface area contributed by atoms with Crippen molar-refractivity contribution in [2.24, 2.45) is 5.73 Å². The highest BCUT2D eigenvalue weighted by Gasteiger charge is 2.23. The molecule has 0 bridgehead atoms. The van der Waals surface area contributed by atoms with Gasteiger partial charge in [0.15, 0.2) is 0 Å². The van der Waals surface area contributed by atoms with E-state index in [4.69, 9.17) is 10.7 Å². The van der Waals surface area contributed by atoms with Crippen molar-refractivity contribution in [3.8, 4) is 6.07 Å². The van der Waals surface area contributed by atoms with Crippen molar-refractivity contribution in [2.75, 3.05) is 18.0 Å². The summed E-state index contributed by atoms with van der Waals surface area (Å²) in [5.74, 6) is 0.614. The van der Waals surface area contributed by atoms with E-state index in [2.05, 4.69) is 26.9 Å². The van der Waals surface area contributed by atoms with Crippen molar-refractivity contribution in [3.05, 3.63) is 68.4 Å². The fourth-order valence-electron chi connectivity index (χ4n) is 3.69. The van der Waals surface area contributed by atoms with E-state index in [1.54, 1.807) is 16.7 Å². The maximum atomic E-state index is 13.4. The number of aromatic nitrogens is 2. The number of rotatable bonds is 3. The van der Waals surface area contributed by atoms with Crippen molar-refractivity contribution in [1.82, 2.24) is 9.55 Å². The summed E-state index contributed by atoms with van der Waals surface area (Å²) < 4.78 is 2.50. The molecular formula is C21H20BrN5O. The molecule has 142 valence electrons. The monoisotopic (exact) mass is 437 g/mol. The minimum absolute atomic E-state index is 0.0612. The third-order valence-electron chi connectivity index (χ3n) is 5.10. The highest BCUT2D eigenvalue weighted by Crippen LogP contribution is 2.23. The van der Waals surface area contributed by atoms with Gasteiger partial charge in [-0.15, -0.1) is 0 Å². The Labute approximate surface area is 171 Å². The van der Waals surface area contributed by atoms with Crippen molar-refractivity contribution >= 4 is 32.8 Å². The predicted molar refractivity (Wildman–Crippen MR) is 113 cm³/mol. The first-order valence-electron chi connectivity index (χ1n) is 9.25. The maximum Gasteiger partial charge on any atom is 0.263 e. The normalized spacial score (nSPS) is 16.9. The number of anilines is 1. The van der Waals surface area contributed by atoms with Crippen molar-refractivity contribution in [2.45, 2.75) is 25.4 Å². The van der Waals surface area contributed by atoms with E-state index in [1.165, 1.54) is 0 Å². The number of benzene rings is 2. The molecule has 1 aromatic heterocycles. The lowest BCUT2D eigenvalue weighted by atomic mass is 10.1. The van der Waals surface area contributed by atoms with Crippen molar-refractivity contribution in [1.29, 1.82) is 5.26 Å². The summed E-state index contributed by atoms with van der Waals surface area (Å²) >= 11 is 3.44. The first kappa shape index (κ1) is 18.7. The van der Waals surface area contributed by atoms with Gasteiger partial charge in [-0.1, -0.05) is 34.1 Å². The quantitative estimate of drug-likeness (QED) is 0.680. The van der Waals surface area contributed by atoms with Crippen LogP contribution in [0.3, 0.4) is 0 Å². The summed E-state index contributed by atoms with van der Waals surface area (Å²) in [4.78, 5) is 20.3. The van der Waals surface area contributed by atoms with Crippen LogP contribution in [0.15, 0.2) is 51.7 Å². The van der Waals surface area contributed by atoms with Crippen LogP contribution in [0.25, 0.3) is 10.9 Å². The van der Waals surface area contributed by atoms with E-state index in [9.17, 15) is 10.1 Å². The van der Waals surface area contributed by atoms with Gasteiger partial charge in [-0.05, 0) is 42.7 Å². The van der Waals surface area contributed by atoms with E-state index in [-0.39, 0.29) is 11.6 Å². The Kier molecular flexibility index (Phi) is 5.16. The first-order valence-corrected chi connectivity index (χ1v) is 10.0. The summed E-state index contributed by atoms with van der Waals surface area (Å²) in [5, 5.41) is 9.99. The van der Waals surface area contributed by atoms with Gasteiger partial charge in [0.1, 0.15) is 0 Å². The molecule has 2 N–H and O–H groups in total. The molecule has 0 amide bonds. The zero-order valence-corrected chi connectivity index (χ0v) is 16.9. The zero-order chi connectivity index (χ0) is 19.7. The molecule has 0 spiro atoms. The Morgan fingerprint density at radius 1 is 1.29 bits per heavy atom. The smallest absolute Gasteiger partial charge is 0.263 e. The average Bonchev–Trinajstić information content (AvgIpc) is 2.70. The second-order valence-corrected chi connectivity index (χ2v) is 8.00. The van der Waals surface area contributed by atoms with Gasteiger partial charge in [0.05, 0.1) is 29.1 Å². The van der Waals surface area contributed by atoms with E-state index in [1.807, 2.05) is 30.3 Å². The molecule has 0 saturated carbocycles. The lowest BCUT2D eigenvalue weighted by Crippen LogP contribution is -2.45. The highest BCUT2D eigenvalue weighted by molar-refractivity contribution is 9.10. The number of nitrogens with two attached hydrogens (primary N) is 1. The standard InChI is InChI=1S/C21H20BrN5O/c22-16-7-8-19-18(10-16)20(28)27(12-15-5-2-1-4-14(15)11-23)21(25-19)26-9-3-6-17(24)13-26/h1-2,4-5,7-8,10,17H,3,6,9,12-13,24H2. The van der Waals surface area contributed by atoms with Gasteiger partial charge in [-0.25, -0.2) is 4.98 Å². The van der Waals surface area contributed by atoms with Crippen LogP contribution in [0.4, 0.5) is 5.95 Å². The molecular weight excluding hydrogens is 418 g/mol. The summed E-state index contributed by atoms with van der Waals surface area (Å²) in [6.07, 6.45) is 1.93. The molecule has 6 nitrogen and oxygen atoms in total. The van der Waals surface area contributed by atoms with E-state index >= 15 is 0 Å². The van der Waals surface area contributed by atoms with Crippen LogP contribution in [0.2, 0.25) is 0 Å². The number of nitrogens with zero attached hydrogens (tertiary/aromatic N) is 4. The molecule has 3 aromatic rings. The molecule has 4 rings (SSSR count). The van der Waals surface area contributed by atoms with Gasteiger partial charge in [0.25, 0.3) is 5.56 Å². The van der Waals surface area contributed by atoms with E-state index in [0.717, 1.165) is 29.4 Å². The Bertz CT molecular complexity index is 1130. The van der Waals surface area contributed by atoms with Crippen molar-refractivity contribution < 1.29 is 0 Å². The third-order valence-corrected chi connectivity index (χ3v) is 5.60. The topological polar surface area (TPSA) is 87.9 Å². The fraction of sp³-hybridized carbons (Fsp3) is 0.286. The Hall–Kier alpha value is -2.69. The maximum absolute atomic E-state index is 13.4. The van der Waals surface area contributed by atoms with Crippen LogP contribution in [0.5, 0.6) is 0 Å². The van der Waals surface area contributed by atoms with Gasteiger partial charge in [0.2, 0.25) is 5.95 Å². The molecule has 2 heterocycles. The van der Waals surface area contributed by atoms with Crippen LogP contribution < -0.4 is 16.2 Å². The molecule has 28 heavy (non-hydrogen) atoms. The molecule has 0 aliphatic carbocycles. The lowest BCUT2D eigenvalue weighted by molar-refractivity contribution is 0.492. The van der Waals surface area contributed by atoms with Gasteiger partial charge < -0.3 is 10.6 Å². The Morgan fingerprint density at radius 2 is 2.11 bits per heavy atom. The highest BCUT2D eigenvalue weighted by atomic mass is 79.9. The van der Waals surface area contributed by atoms with Gasteiger partial charge in [-0.3, -0.25) is 9.36 Å². The van der Waals surface area contributed by atoms with Crippen LogP contribution >= 0.6 is 15.9 Å². The second-order valence-electron chi connectivity index (χ2n) is 7.08. The van der Waals surface area contributed by atoms with Gasteiger partial charge >= 0.3 is 0 Å². The summed E-state index contributed by atoms with van der Waals surface area (Å²) in [7, 11) is 0. The molecule has 1 atom stereocenters. The minimum atomic E-state index is -0.117. The summed E-state index contributed by atoms with van der Waals surface area (Å²) in [6.45, 7) is 1.76. The molecule has 1 unspecified atom stereocenters. The van der Waals surface area contributed by atoms with E-state index in [0.29, 0.717) is 35.5 Å². The molecule has 1 aliphatic heterocycles. The molecule has 2 aromatic carbocycles. The molecule has 1 aliphatic rings. The lowest BCUT2D eigenvalue weighted by Gasteiger charge is -2.33. The van der Waals surface area contributed by atoms with Crippen LogP contribution in [-0.2, 0) is 6.54 Å². The minimum Gasteiger partial charge on any atom is -0.341 e. The average molecular weight is 438 g/mol. The van der Waals surface area contributed by atoms with E-state index < -0.39 is 0 Å². The SMILES string of the molecule is N#Cc1ccccc1Cn1c(N2CCCC(N)C2)nc2ccc(Br)cc2c1=O. The number of piperidine rings is 1. The number of hydrogen-bond donors (Lipinski definition) is 1. The van der Waals surface area contributed by atoms with Gasteiger partial charge in [0, 0.05) is 23.6 Å².